The Bertz CT molecular complexity index is 410. The second-order valence-corrected chi connectivity index (χ2v) is 5.30. The monoisotopic (exact) mass is 230 g/mol. The molecule has 1 aromatic heterocycles. The van der Waals surface area contributed by atoms with Gasteiger partial charge in [0.1, 0.15) is 0 Å². The summed E-state index contributed by atoms with van der Waals surface area (Å²) in [6.45, 7) is 3.77. The number of aromatic amines is 1. The molecule has 0 spiro atoms. The molecule has 7 heteroatoms. The normalized spacial score (nSPS) is 18.0. The molecule has 15 heavy (non-hydrogen) atoms. The van der Waals surface area contributed by atoms with E-state index in [1.807, 2.05) is 6.92 Å². The zero-order valence-corrected chi connectivity index (χ0v) is 9.29. The van der Waals surface area contributed by atoms with Crippen LogP contribution in [0.25, 0.3) is 0 Å². The third kappa shape index (κ3) is 1.77. The maximum atomic E-state index is 12.1. The minimum atomic E-state index is -3.39. The number of nitrogens with zero attached hydrogens (tertiary/aromatic N) is 2. The van der Waals surface area contributed by atoms with Crippen molar-refractivity contribution in [2.45, 2.75) is 18.0 Å². The average molecular weight is 230 g/mol. The Morgan fingerprint density at radius 1 is 1.60 bits per heavy atom. The van der Waals surface area contributed by atoms with E-state index < -0.39 is 10.0 Å². The van der Waals surface area contributed by atoms with Gasteiger partial charge < -0.3 is 10.3 Å². The quantitative estimate of drug-likeness (QED) is 0.723. The van der Waals surface area contributed by atoms with E-state index in [4.69, 9.17) is 0 Å². The topological polar surface area (TPSA) is 78.1 Å². The molecule has 6 nitrogen and oxygen atoms in total. The molecule has 1 aromatic rings. The first kappa shape index (κ1) is 10.6. The predicted molar refractivity (Wildman–Crippen MR) is 54.8 cm³/mol. The van der Waals surface area contributed by atoms with E-state index in [1.54, 1.807) is 0 Å². The Balaban J connectivity index is 2.27. The van der Waals surface area contributed by atoms with Gasteiger partial charge in [0.2, 0.25) is 0 Å². The van der Waals surface area contributed by atoms with Crippen molar-refractivity contribution in [1.29, 1.82) is 0 Å². The molecule has 0 atom stereocenters. The van der Waals surface area contributed by atoms with Crippen LogP contribution in [0.5, 0.6) is 0 Å². The third-order valence-corrected chi connectivity index (χ3v) is 4.49. The molecule has 2 rings (SSSR count). The summed E-state index contributed by atoms with van der Waals surface area (Å²) >= 11 is 0. The van der Waals surface area contributed by atoms with Gasteiger partial charge in [-0.25, -0.2) is 13.4 Å². The number of likely N-dealkylation sites (N-methyl/N-ethyl adjacent to an activating group) is 1. The Labute approximate surface area is 88.7 Å². The minimum Gasteiger partial charge on any atom is -0.335 e. The summed E-state index contributed by atoms with van der Waals surface area (Å²) in [6.07, 6.45) is 2.71. The van der Waals surface area contributed by atoms with Crippen LogP contribution in [0.3, 0.4) is 0 Å². The van der Waals surface area contributed by atoms with E-state index in [-0.39, 0.29) is 11.1 Å². The molecule has 2 heterocycles. The highest BCUT2D eigenvalue weighted by atomic mass is 32.2. The molecular formula is C8H14N4O2S. The van der Waals surface area contributed by atoms with Gasteiger partial charge in [-0.2, -0.15) is 4.31 Å². The largest absolute Gasteiger partial charge is 0.335 e. The van der Waals surface area contributed by atoms with Crippen molar-refractivity contribution in [2.75, 3.05) is 19.6 Å². The Morgan fingerprint density at radius 2 is 2.33 bits per heavy atom. The van der Waals surface area contributed by atoms with Gasteiger partial charge in [0.15, 0.2) is 5.03 Å². The number of aromatic nitrogens is 2. The van der Waals surface area contributed by atoms with E-state index in [9.17, 15) is 8.42 Å². The lowest BCUT2D eigenvalue weighted by atomic mass is 10.2. The maximum absolute atomic E-state index is 12.1. The summed E-state index contributed by atoms with van der Waals surface area (Å²) in [6, 6.07) is 0.0725. The number of hydrogen-bond acceptors (Lipinski definition) is 4. The van der Waals surface area contributed by atoms with Crippen molar-refractivity contribution in [2.24, 2.45) is 0 Å². The van der Waals surface area contributed by atoms with Crippen molar-refractivity contribution < 1.29 is 8.42 Å². The molecule has 1 fully saturated rings. The minimum absolute atomic E-state index is 0.0725. The summed E-state index contributed by atoms with van der Waals surface area (Å²) in [4.78, 5) is 6.37. The fourth-order valence-electron chi connectivity index (χ4n) is 1.61. The molecule has 1 aliphatic heterocycles. The lowest BCUT2D eigenvalue weighted by Crippen LogP contribution is -2.58. The van der Waals surface area contributed by atoms with Gasteiger partial charge >= 0.3 is 0 Å². The number of H-pyrrole nitrogens is 1. The Kier molecular flexibility index (Phi) is 2.76. The first-order valence-corrected chi connectivity index (χ1v) is 6.31. The third-order valence-electron chi connectivity index (χ3n) is 2.54. The lowest BCUT2D eigenvalue weighted by Gasteiger charge is -2.36. The molecule has 0 saturated carbocycles. The van der Waals surface area contributed by atoms with Gasteiger partial charge in [-0.05, 0) is 0 Å². The molecule has 0 bridgehead atoms. The van der Waals surface area contributed by atoms with Crippen molar-refractivity contribution in [3.63, 3.8) is 0 Å². The van der Waals surface area contributed by atoms with Crippen LogP contribution in [-0.2, 0) is 10.0 Å². The van der Waals surface area contributed by atoms with Crippen molar-refractivity contribution in [3.05, 3.63) is 12.5 Å². The summed E-state index contributed by atoms with van der Waals surface area (Å²) in [5, 5.41) is 3.22. The number of rotatable bonds is 4. The smallest absolute Gasteiger partial charge is 0.260 e. The van der Waals surface area contributed by atoms with Crippen LogP contribution in [0, 0.1) is 0 Å². The van der Waals surface area contributed by atoms with Crippen LogP contribution >= 0.6 is 0 Å². The van der Waals surface area contributed by atoms with Crippen molar-refractivity contribution in [1.82, 2.24) is 19.6 Å². The van der Waals surface area contributed by atoms with Crippen LogP contribution in [0.1, 0.15) is 6.92 Å². The van der Waals surface area contributed by atoms with Crippen molar-refractivity contribution >= 4 is 10.0 Å². The molecule has 2 N–H and O–H groups in total. The van der Waals surface area contributed by atoms with E-state index in [0.29, 0.717) is 6.54 Å². The van der Waals surface area contributed by atoms with Gasteiger partial charge in [-0.15, -0.1) is 0 Å². The second kappa shape index (κ2) is 3.92. The summed E-state index contributed by atoms with van der Waals surface area (Å²) in [5.74, 6) is 0. The van der Waals surface area contributed by atoms with E-state index in [2.05, 4.69) is 15.3 Å². The fraction of sp³-hybridized carbons (Fsp3) is 0.625. The standard InChI is InChI=1S/C8H14N4O2S/c1-2-12(7-3-9-4-7)15(13,14)8-5-10-6-11-8/h5-7,9H,2-4H2,1H3,(H,10,11). The SMILES string of the molecule is CCN(C1CNC1)S(=O)(=O)c1cnc[nH]1. The van der Waals surface area contributed by atoms with Gasteiger partial charge in [0, 0.05) is 19.6 Å². The highest BCUT2D eigenvalue weighted by Gasteiger charge is 2.34. The Hall–Kier alpha value is -0.920. The summed E-state index contributed by atoms with van der Waals surface area (Å²) in [5.41, 5.74) is 0. The summed E-state index contributed by atoms with van der Waals surface area (Å²) < 4.78 is 25.7. The summed E-state index contributed by atoms with van der Waals surface area (Å²) in [7, 11) is -3.39. The maximum Gasteiger partial charge on any atom is 0.260 e. The van der Waals surface area contributed by atoms with E-state index in [1.165, 1.54) is 16.8 Å². The Morgan fingerprint density at radius 3 is 2.73 bits per heavy atom. The molecule has 0 radical (unpaired) electrons. The number of nitrogens with one attached hydrogen (secondary N) is 2. The van der Waals surface area contributed by atoms with Gasteiger partial charge in [-0.1, -0.05) is 6.92 Å². The van der Waals surface area contributed by atoms with Gasteiger partial charge in [-0.3, -0.25) is 0 Å². The van der Waals surface area contributed by atoms with Crippen LogP contribution < -0.4 is 5.32 Å². The van der Waals surface area contributed by atoms with Gasteiger partial charge in [0.25, 0.3) is 10.0 Å². The lowest BCUT2D eigenvalue weighted by molar-refractivity contribution is 0.249. The highest BCUT2D eigenvalue weighted by molar-refractivity contribution is 7.89. The predicted octanol–water partition coefficient (Wildman–Crippen LogP) is -0.608. The van der Waals surface area contributed by atoms with E-state index in [0.717, 1.165) is 13.1 Å². The number of hydrogen-bond donors (Lipinski definition) is 2. The first-order chi connectivity index (χ1) is 7.16. The average Bonchev–Trinajstić information content (AvgIpc) is 2.63. The molecule has 0 amide bonds. The van der Waals surface area contributed by atoms with Gasteiger partial charge in [0.05, 0.1) is 18.6 Å². The first-order valence-electron chi connectivity index (χ1n) is 4.87. The molecule has 0 aromatic carbocycles. The van der Waals surface area contributed by atoms with Crippen LogP contribution in [0.2, 0.25) is 0 Å². The second-order valence-electron chi connectivity index (χ2n) is 3.44. The fourth-order valence-corrected chi connectivity index (χ4v) is 3.14. The van der Waals surface area contributed by atoms with E-state index >= 15 is 0 Å². The zero-order valence-electron chi connectivity index (χ0n) is 8.47. The molecule has 84 valence electrons. The zero-order chi connectivity index (χ0) is 10.9. The number of imidazole rings is 1. The molecule has 1 saturated heterocycles. The molecule has 1 aliphatic rings. The van der Waals surface area contributed by atoms with Crippen LogP contribution in [0.4, 0.5) is 0 Å². The molecule has 0 aliphatic carbocycles. The van der Waals surface area contributed by atoms with Crippen LogP contribution in [-0.4, -0.2) is 48.4 Å². The number of sulfonamides is 1. The highest BCUT2D eigenvalue weighted by Crippen LogP contribution is 2.17. The molecule has 0 unspecified atom stereocenters. The van der Waals surface area contributed by atoms with Crippen molar-refractivity contribution in [3.8, 4) is 0 Å². The van der Waals surface area contributed by atoms with Crippen LogP contribution in [0.15, 0.2) is 17.6 Å². The molecular weight excluding hydrogens is 216 g/mol.